The molecule has 0 aliphatic heterocycles. The number of benzene rings is 1. The van der Waals surface area contributed by atoms with Crippen molar-refractivity contribution in [3.05, 3.63) is 35.4 Å². The average Bonchev–Trinajstić information content (AvgIpc) is 2.88. The molecule has 0 heterocycles. The minimum absolute atomic E-state index is 0.122. The van der Waals surface area contributed by atoms with Crippen molar-refractivity contribution in [2.24, 2.45) is 0 Å². The summed E-state index contributed by atoms with van der Waals surface area (Å²) in [6, 6.07) is 5.05. The van der Waals surface area contributed by atoms with Gasteiger partial charge in [0.1, 0.15) is 0 Å². The van der Waals surface area contributed by atoms with E-state index in [1.54, 1.807) is 0 Å². The maximum absolute atomic E-state index is 12.4. The first-order chi connectivity index (χ1) is 8.97. The van der Waals surface area contributed by atoms with Crippen molar-refractivity contribution in [2.45, 2.75) is 50.9 Å². The van der Waals surface area contributed by atoms with Crippen LogP contribution < -0.4 is 5.48 Å². The Morgan fingerprint density at radius 2 is 1.74 bits per heavy atom. The maximum atomic E-state index is 12.4. The van der Waals surface area contributed by atoms with Crippen LogP contribution in [0.25, 0.3) is 0 Å². The normalized spacial score (nSPS) is 18.7. The molecular weight excluding hydrogens is 255 g/mol. The fourth-order valence-electron chi connectivity index (χ4n) is 2.23. The summed E-state index contributed by atoms with van der Waals surface area (Å²) in [4.78, 5) is 5.54. The summed E-state index contributed by atoms with van der Waals surface area (Å²) < 4.78 is 37.3. The molecule has 0 aromatic heterocycles. The van der Waals surface area contributed by atoms with Gasteiger partial charge < -0.3 is 0 Å². The summed E-state index contributed by atoms with van der Waals surface area (Å²) >= 11 is 0. The molecule has 0 spiro atoms. The van der Waals surface area contributed by atoms with E-state index < -0.39 is 11.7 Å². The van der Waals surface area contributed by atoms with Gasteiger partial charge in [-0.3, -0.25) is 4.84 Å². The quantitative estimate of drug-likeness (QED) is 0.829. The van der Waals surface area contributed by atoms with Gasteiger partial charge in [-0.2, -0.15) is 18.7 Å². The molecule has 0 saturated heterocycles. The average molecular weight is 273 g/mol. The molecule has 1 saturated carbocycles. The Kier molecular flexibility index (Phi) is 4.47. The topological polar surface area (TPSA) is 21.3 Å². The zero-order chi connectivity index (χ0) is 13.9. The number of rotatable bonds is 4. The van der Waals surface area contributed by atoms with E-state index in [0.717, 1.165) is 30.5 Å². The molecular formula is C14H18F3NO. The molecule has 0 bridgehead atoms. The van der Waals surface area contributed by atoms with Crippen LogP contribution in [0.15, 0.2) is 24.3 Å². The van der Waals surface area contributed by atoms with Crippen molar-refractivity contribution in [2.75, 3.05) is 0 Å². The monoisotopic (exact) mass is 273 g/mol. The molecule has 19 heavy (non-hydrogen) atoms. The Balaban J connectivity index is 1.89. The van der Waals surface area contributed by atoms with Gasteiger partial charge in [0.25, 0.3) is 0 Å². The van der Waals surface area contributed by atoms with E-state index in [1.165, 1.54) is 25.0 Å². The number of halogens is 3. The van der Waals surface area contributed by atoms with Gasteiger partial charge in [-0.1, -0.05) is 25.0 Å². The molecule has 5 heteroatoms. The van der Waals surface area contributed by atoms with Gasteiger partial charge in [-0.15, -0.1) is 0 Å². The number of nitrogens with one attached hydrogen (secondary N) is 1. The molecule has 2 nitrogen and oxygen atoms in total. The van der Waals surface area contributed by atoms with Crippen molar-refractivity contribution >= 4 is 0 Å². The summed E-state index contributed by atoms with van der Waals surface area (Å²) in [5, 5.41) is 0. The Morgan fingerprint density at radius 3 is 2.26 bits per heavy atom. The van der Waals surface area contributed by atoms with Crippen molar-refractivity contribution in [3.63, 3.8) is 0 Å². The fourth-order valence-corrected chi connectivity index (χ4v) is 2.23. The summed E-state index contributed by atoms with van der Waals surface area (Å²) in [5.74, 6) is 0. The standard InChI is InChI=1S/C14H18F3NO/c1-10(18-19-13-4-2-3-5-13)11-6-8-12(9-7-11)14(15,16)17/h6-10,13,18H,2-5H2,1H3. The van der Waals surface area contributed by atoms with Crippen molar-refractivity contribution < 1.29 is 18.0 Å². The third-order valence-electron chi connectivity index (χ3n) is 3.45. The second-order valence-corrected chi connectivity index (χ2v) is 4.98. The highest BCUT2D eigenvalue weighted by Gasteiger charge is 2.30. The van der Waals surface area contributed by atoms with Gasteiger partial charge >= 0.3 is 6.18 Å². The lowest BCUT2D eigenvalue weighted by molar-refractivity contribution is -0.137. The molecule has 1 atom stereocenters. The number of hydrogen-bond acceptors (Lipinski definition) is 2. The van der Waals surface area contributed by atoms with Crippen LogP contribution in [0.1, 0.15) is 49.8 Å². The van der Waals surface area contributed by atoms with E-state index >= 15 is 0 Å². The third kappa shape index (κ3) is 3.94. The second-order valence-electron chi connectivity index (χ2n) is 4.98. The first kappa shape index (κ1) is 14.3. The van der Waals surface area contributed by atoms with E-state index in [4.69, 9.17) is 4.84 Å². The Labute approximate surface area is 110 Å². The molecule has 1 aliphatic carbocycles. The molecule has 106 valence electrons. The predicted molar refractivity (Wildman–Crippen MR) is 66.3 cm³/mol. The molecule has 0 amide bonds. The molecule has 2 rings (SSSR count). The van der Waals surface area contributed by atoms with Crippen LogP contribution in [0, 0.1) is 0 Å². The minimum Gasteiger partial charge on any atom is -0.298 e. The van der Waals surface area contributed by atoms with Gasteiger partial charge in [0.2, 0.25) is 0 Å². The summed E-state index contributed by atoms with van der Waals surface area (Å²) in [6.45, 7) is 1.87. The van der Waals surface area contributed by atoms with E-state index in [2.05, 4.69) is 5.48 Å². The molecule has 1 aliphatic rings. The van der Waals surface area contributed by atoms with Gasteiger partial charge in [0.05, 0.1) is 17.7 Å². The number of hydroxylamine groups is 1. The summed E-state index contributed by atoms with van der Waals surface area (Å²) in [5.41, 5.74) is 3.08. The zero-order valence-corrected chi connectivity index (χ0v) is 10.8. The van der Waals surface area contributed by atoms with Crippen LogP contribution in [0.4, 0.5) is 13.2 Å². The van der Waals surface area contributed by atoms with Crippen LogP contribution in [-0.2, 0) is 11.0 Å². The molecule has 1 aromatic carbocycles. The summed E-state index contributed by atoms with van der Waals surface area (Å²) in [6.07, 6.45) is 0.411. The fraction of sp³-hybridized carbons (Fsp3) is 0.571. The highest BCUT2D eigenvalue weighted by Crippen LogP contribution is 2.30. The molecule has 1 N–H and O–H groups in total. The van der Waals surface area contributed by atoms with Crippen LogP contribution in [0.2, 0.25) is 0 Å². The molecule has 1 unspecified atom stereocenters. The van der Waals surface area contributed by atoms with Crippen molar-refractivity contribution in [1.29, 1.82) is 0 Å². The van der Waals surface area contributed by atoms with E-state index in [9.17, 15) is 13.2 Å². The second kappa shape index (κ2) is 5.92. The Morgan fingerprint density at radius 1 is 1.16 bits per heavy atom. The Hall–Kier alpha value is -1.07. The van der Waals surface area contributed by atoms with Gasteiger partial charge in [-0.25, -0.2) is 0 Å². The number of hydrogen-bond donors (Lipinski definition) is 1. The lowest BCUT2D eigenvalue weighted by Gasteiger charge is -2.18. The van der Waals surface area contributed by atoms with Crippen LogP contribution in [0.3, 0.4) is 0 Å². The van der Waals surface area contributed by atoms with E-state index in [1.807, 2.05) is 6.92 Å². The predicted octanol–water partition coefficient (Wildman–Crippen LogP) is 4.23. The van der Waals surface area contributed by atoms with Gasteiger partial charge in [-0.05, 0) is 37.5 Å². The molecule has 1 aromatic rings. The van der Waals surface area contributed by atoms with Crippen molar-refractivity contribution in [3.8, 4) is 0 Å². The largest absolute Gasteiger partial charge is 0.416 e. The lowest BCUT2D eigenvalue weighted by atomic mass is 10.1. The first-order valence-corrected chi connectivity index (χ1v) is 6.55. The smallest absolute Gasteiger partial charge is 0.298 e. The highest BCUT2D eigenvalue weighted by molar-refractivity contribution is 5.26. The SMILES string of the molecule is CC(NOC1CCCC1)c1ccc(C(F)(F)F)cc1. The minimum atomic E-state index is -4.28. The third-order valence-corrected chi connectivity index (χ3v) is 3.45. The number of alkyl halides is 3. The first-order valence-electron chi connectivity index (χ1n) is 6.55. The van der Waals surface area contributed by atoms with Crippen LogP contribution in [-0.4, -0.2) is 6.10 Å². The Bertz CT molecular complexity index is 396. The van der Waals surface area contributed by atoms with Crippen LogP contribution >= 0.6 is 0 Å². The lowest BCUT2D eigenvalue weighted by Crippen LogP contribution is -2.24. The maximum Gasteiger partial charge on any atom is 0.416 e. The highest BCUT2D eigenvalue weighted by atomic mass is 19.4. The van der Waals surface area contributed by atoms with E-state index in [-0.39, 0.29) is 12.1 Å². The molecule has 0 radical (unpaired) electrons. The zero-order valence-electron chi connectivity index (χ0n) is 10.8. The van der Waals surface area contributed by atoms with Gasteiger partial charge in [0.15, 0.2) is 0 Å². The van der Waals surface area contributed by atoms with Gasteiger partial charge in [0, 0.05) is 0 Å². The molecule has 1 fully saturated rings. The van der Waals surface area contributed by atoms with E-state index in [0.29, 0.717) is 0 Å². The summed E-state index contributed by atoms with van der Waals surface area (Å²) in [7, 11) is 0. The van der Waals surface area contributed by atoms with Crippen LogP contribution in [0.5, 0.6) is 0 Å². The van der Waals surface area contributed by atoms with Crippen molar-refractivity contribution in [1.82, 2.24) is 5.48 Å².